The van der Waals surface area contributed by atoms with Crippen molar-refractivity contribution in [3.05, 3.63) is 29.3 Å². The van der Waals surface area contributed by atoms with Gasteiger partial charge in [0.2, 0.25) is 0 Å². The van der Waals surface area contributed by atoms with E-state index in [4.69, 9.17) is 0 Å². The van der Waals surface area contributed by atoms with Gasteiger partial charge in [0.25, 0.3) is 0 Å². The summed E-state index contributed by atoms with van der Waals surface area (Å²) in [6.07, 6.45) is 1.69. The maximum absolute atomic E-state index is 11.7. The fraction of sp³-hybridized carbons (Fsp3) is 0.533. The van der Waals surface area contributed by atoms with Gasteiger partial charge >= 0.3 is 0 Å². The van der Waals surface area contributed by atoms with Gasteiger partial charge < -0.3 is 4.90 Å². The fourth-order valence-electron chi connectivity index (χ4n) is 2.68. The van der Waals surface area contributed by atoms with Crippen LogP contribution in [0.25, 0.3) is 0 Å². The SMILES string of the molecule is CCC(=O)C1CCN(c2cc(C)cc(C)c2)C1. The Labute approximate surface area is 104 Å². The molecule has 0 amide bonds. The molecule has 1 aromatic carbocycles. The van der Waals surface area contributed by atoms with Crippen molar-refractivity contribution in [1.82, 2.24) is 0 Å². The highest BCUT2D eigenvalue weighted by Gasteiger charge is 2.27. The zero-order valence-corrected chi connectivity index (χ0v) is 11.0. The minimum Gasteiger partial charge on any atom is -0.371 e. The van der Waals surface area contributed by atoms with Gasteiger partial charge in [-0.1, -0.05) is 13.0 Å². The minimum atomic E-state index is 0.251. The van der Waals surface area contributed by atoms with Gasteiger partial charge in [0, 0.05) is 31.1 Å². The Morgan fingerprint density at radius 3 is 2.53 bits per heavy atom. The molecule has 0 aliphatic carbocycles. The average molecular weight is 231 g/mol. The van der Waals surface area contributed by atoms with E-state index in [9.17, 15) is 4.79 Å². The number of aryl methyl sites for hydroxylation is 2. The van der Waals surface area contributed by atoms with E-state index in [0.717, 1.165) is 19.5 Å². The lowest BCUT2D eigenvalue weighted by molar-refractivity contribution is -0.121. The maximum atomic E-state index is 11.7. The van der Waals surface area contributed by atoms with E-state index in [2.05, 4.69) is 36.9 Å². The molecule has 0 aromatic heterocycles. The van der Waals surface area contributed by atoms with Crippen molar-refractivity contribution >= 4 is 11.5 Å². The standard InChI is InChI=1S/C15H21NO/c1-4-15(17)13-5-6-16(10-13)14-8-11(2)7-12(3)9-14/h7-9,13H,4-6,10H2,1-3H3. The van der Waals surface area contributed by atoms with Crippen LogP contribution in [0.3, 0.4) is 0 Å². The summed E-state index contributed by atoms with van der Waals surface area (Å²) < 4.78 is 0. The summed E-state index contributed by atoms with van der Waals surface area (Å²) in [6.45, 7) is 8.12. The number of nitrogens with zero attached hydrogens (tertiary/aromatic N) is 1. The second-order valence-corrected chi connectivity index (χ2v) is 5.10. The van der Waals surface area contributed by atoms with E-state index in [1.165, 1.54) is 16.8 Å². The largest absolute Gasteiger partial charge is 0.371 e. The molecule has 17 heavy (non-hydrogen) atoms. The summed E-state index contributed by atoms with van der Waals surface area (Å²) in [5.41, 5.74) is 3.87. The Morgan fingerprint density at radius 1 is 1.29 bits per heavy atom. The first kappa shape index (κ1) is 12.2. The van der Waals surface area contributed by atoms with Gasteiger partial charge in [-0.2, -0.15) is 0 Å². The predicted molar refractivity (Wildman–Crippen MR) is 71.5 cm³/mol. The molecule has 2 nitrogen and oxygen atoms in total. The van der Waals surface area contributed by atoms with Crippen molar-refractivity contribution in [2.24, 2.45) is 5.92 Å². The highest BCUT2D eigenvalue weighted by atomic mass is 16.1. The smallest absolute Gasteiger partial charge is 0.137 e. The van der Waals surface area contributed by atoms with Crippen LogP contribution in [0.15, 0.2) is 18.2 Å². The van der Waals surface area contributed by atoms with Crippen molar-refractivity contribution in [3.63, 3.8) is 0 Å². The third-order valence-electron chi connectivity index (χ3n) is 3.56. The van der Waals surface area contributed by atoms with Gasteiger partial charge in [0.05, 0.1) is 0 Å². The quantitative estimate of drug-likeness (QED) is 0.796. The molecule has 2 rings (SSSR count). The molecule has 1 aliphatic heterocycles. The molecule has 1 aromatic rings. The molecule has 1 atom stereocenters. The van der Waals surface area contributed by atoms with Crippen molar-refractivity contribution in [1.29, 1.82) is 0 Å². The summed E-state index contributed by atoms with van der Waals surface area (Å²) in [5.74, 6) is 0.665. The molecule has 1 heterocycles. The third kappa shape index (κ3) is 2.68. The normalized spacial score (nSPS) is 19.7. The van der Waals surface area contributed by atoms with Crippen LogP contribution in [-0.2, 0) is 4.79 Å². The first-order chi connectivity index (χ1) is 8.10. The summed E-state index contributed by atoms with van der Waals surface area (Å²) in [7, 11) is 0. The molecule has 2 heteroatoms. The highest BCUT2D eigenvalue weighted by Crippen LogP contribution is 2.26. The van der Waals surface area contributed by atoms with Gasteiger partial charge in [0.1, 0.15) is 5.78 Å². The number of rotatable bonds is 3. The number of hydrogen-bond acceptors (Lipinski definition) is 2. The molecule has 0 bridgehead atoms. The van der Waals surface area contributed by atoms with E-state index in [1.807, 2.05) is 6.92 Å². The summed E-state index contributed by atoms with van der Waals surface area (Å²) >= 11 is 0. The predicted octanol–water partition coefficient (Wildman–Crippen LogP) is 3.11. The fourth-order valence-corrected chi connectivity index (χ4v) is 2.68. The molecule has 0 spiro atoms. The molecule has 1 unspecified atom stereocenters. The van der Waals surface area contributed by atoms with Gasteiger partial charge in [-0.25, -0.2) is 0 Å². The zero-order chi connectivity index (χ0) is 12.4. The van der Waals surface area contributed by atoms with Crippen LogP contribution >= 0.6 is 0 Å². The van der Waals surface area contributed by atoms with Crippen LogP contribution in [0.5, 0.6) is 0 Å². The third-order valence-corrected chi connectivity index (χ3v) is 3.56. The number of hydrogen-bond donors (Lipinski definition) is 0. The molecule has 92 valence electrons. The molecule has 1 fully saturated rings. The lowest BCUT2D eigenvalue weighted by Gasteiger charge is -2.19. The number of carbonyl (C=O) groups is 1. The van der Waals surface area contributed by atoms with Crippen LogP contribution in [-0.4, -0.2) is 18.9 Å². The Bertz CT molecular complexity index is 405. The van der Waals surface area contributed by atoms with E-state index in [-0.39, 0.29) is 5.92 Å². The second kappa shape index (κ2) is 4.91. The van der Waals surface area contributed by atoms with Gasteiger partial charge in [-0.05, 0) is 43.5 Å². The first-order valence-corrected chi connectivity index (χ1v) is 6.46. The topological polar surface area (TPSA) is 20.3 Å². The van der Waals surface area contributed by atoms with Gasteiger partial charge in [0.15, 0.2) is 0 Å². The lowest BCUT2D eigenvalue weighted by atomic mass is 10.0. The van der Waals surface area contributed by atoms with E-state index >= 15 is 0 Å². The minimum absolute atomic E-state index is 0.251. The number of ketones is 1. The maximum Gasteiger partial charge on any atom is 0.137 e. The Balaban J connectivity index is 2.12. The Morgan fingerprint density at radius 2 is 1.94 bits per heavy atom. The van der Waals surface area contributed by atoms with Crippen molar-refractivity contribution in [2.45, 2.75) is 33.6 Å². The molecule has 0 saturated carbocycles. The lowest BCUT2D eigenvalue weighted by Crippen LogP contribution is -2.22. The van der Waals surface area contributed by atoms with Crippen molar-refractivity contribution < 1.29 is 4.79 Å². The molecule has 1 aliphatic rings. The number of anilines is 1. The van der Waals surface area contributed by atoms with Gasteiger partial charge in [-0.3, -0.25) is 4.79 Å². The van der Waals surface area contributed by atoms with Crippen LogP contribution in [0.2, 0.25) is 0 Å². The highest BCUT2D eigenvalue weighted by molar-refractivity contribution is 5.82. The monoisotopic (exact) mass is 231 g/mol. The second-order valence-electron chi connectivity index (χ2n) is 5.10. The van der Waals surface area contributed by atoms with E-state index in [1.54, 1.807) is 0 Å². The van der Waals surface area contributed by atoms with E-state index in [0.29, 0.717) is 12.2 Å². The van der Waals surface area contributed by atoms with Crippen LogP contribution in [0.1, 0.15) is 30.9 Å². The number of carbonyl (C=O) groups excluding carboxylic acids is 1. The average Bonchev–Trinajstić information content (AvgIpc) is 2.76. The molecular weight excluding hydrogens is 210 g/mol. The van der Waals surface area contributed by atoms with Crippen LogP contribution in [0, 0.1) is 19.8 Å². The first-order valence-electron chi connectivity index (χ1n) is 6.46. The Hall–Kier alpha value is -1.31. The van der Waals surface area contributed by atoms with Gasteiger partial charge in [-0.15, -0.1) is 0 Å². The summed E-state index contributed by atoms with van der Waals surface area (Å²) in [5, 5.41) is 0. The Kier molecular flexibility index (Phi) is 3.51. The zero-order valence-electron chi connectivity index (χ0n) is 11.0. The summed E-state index contributed by atoms with van der Waals surface area (Å²) in [6, 6.07) is 6.62. The van der Waals surface area contributed by atoms with Crippen LogP contribution in [0.4, 0.5) is 5.69 Å². The summed E-state index contributed by atoms with van der Waals surface area (Å²) in [4.78, 5) is 14.0. The number of benzene rings is 1. The van der Waals surface area contributed by atoms with E-state index < -0.39 is 0 Å². The molecule has 1 saturated heterocycles. The van der Waals surface area contributed by atoms with Crippen molar-refractivity contribution in [2.75, 3.05) is 18.0 Å². The van der Waals surface area contributed by atoms with Crippen LogP contribution < -0.4 is 4.90 Å². The van der Waals surface area contributed by atoms with Crippen molar-refractivity contribution in [3.8, 4) is 0 Å². The molecule has 0 N–H and O–H groups in total. The molecule has 0 radical (unpaired) electrons. The molecular formula is C15H21NO. The number of Topliss-reactive ketones (excluding diaryl/α,β-unsaturated/α-hetero) is 1.